The molecule has 0 bridgehead atoms. The minimum atomic E-state index is -0.000729. The highest BCUT2D eigenvalue weighted by Gasteiger charge is 2.36. The van der Waals surface area contributed by atoms with Crippen molar-refractivity contribution in [2.75, 3.05) is 33.2 Å². The first kappa shape index (κ1) is 20.2. The van der Waals surface area contributed by atoms with Crippen LogP contribution in [0, 0.1) is 11.8 Å². The van der Waals surface area contributed by atoms with Crippen LogP contribution in [0.1, 0.15) is 46.0 Å². The lowest BCUT2D eigenvalue weighted by atomic mass is 9.94. The molecule has 2 fully saturated rings. The number of halogens is 1. The molecule has 0 saturated carbocycles. The predicted octanol–water partition coefficient (Wildman–Crippen LogP) is 1.90. The molecule has 6 heteroatoms. The molecule has 2 amide bonds. The van der Waals surface area contributed by atoms with Crippen molar-refractivity contribution >= 4 is 24.2 Å². The van der Waals surface area contributed by atoms with Crippen LogP contribution in [-0.4, -0.2) is 60.9 Å². The van der Waals surface area contributed by atoms with E-state index in [1.807, 2.05) is 25.8 Å². The second-order valence-electron chi connectivity index (χ2n) is 6.82. The molecule has 0 spiro atoms. The van der Waals surface area contributed by atoms with Crippen molar-refractivity contribution in [1.29, 1.82) is 0 Å². The highest BCUT2D eigenvalue weighted by molar-refractivity contribution is 5.85. The fourth-order valence-electron chi connectivity index (χ4n) is 3.67. The second kappa shape index (κ2) is 9.48. The topological polar surface area (TPSA) is 52.7 Å². The van der Waals surface area contributed by atoms with E-state index in [0.29, 0.717) is 12.6 Å². The Labute approximate surface area is 146 Å². The van der Waals surface area contributed by atoms with Crippen molar-refractivity contribution in [3.63, 3.8) is 0 Å². The summed E-state index contributed by atoms with van der Waals surface area (Å²) < 4.78 is 0. The van der Waals surface area contributed by atoms with E-state index in [-0.39, 0.29) is 36.1 Å². The number of nitrogens with zero attached hydrogens (tertiary/aromatic N) is 2. The van der Waals surface area contributed by atoms with Gasteiger partial charge in [-0.05, 0) is 39.2 Å². The third-order valence-electron chi connectivity index (χ3n) is 5.22. The quantitative estimate of drug-likeness (QED) is 0.828. The molecule has 0 aromatic rings. The molecule has 5 nitrogen and oxygen atoms in total. The zero-order valence-electron chi connectivity index (χ0n) is 14.7. The molecule has 3 atom stereocenters. The van der Waals surface area contributed by atoms with Crippen LogP contribution < -0.4 is 5.32 Å². The lowest BCUT2D eigenvalue weighted by Gasteiger charge is -2.36. The molecule has 0 radical (unpaired) electrons. The molecule has 134 valence electrons. The number of carbonyl (C=O) groups is 2. The van der Waals surface area contributed by atoms with Crippen LogP contribution in [0.15, 0.2) is 0 Å². The van der Waals surface area contributed by atoms with Gasteiger partial charge in [0.2, 0.25) is 11.8 Å². The highest BCUT2D eigenvalue weighted by Crippen LogP contribution is 2.25. The van der Waals surface area contributed by atoms with Gasteiger partial charge < -0.3 is 15.1 Å². The van der Waals surface area contributed by atoms with Gasteiger partial charge in [-0.25, -0.2) is 0 Å². The average molecular weight is 346 g/mol. The standard InChI is InChI=1S/C17H31N3O2.ClH/c1-4-13(2)16(21)19-9-5-7-14(12-19)17(22)20-10-6-8-15(20)11-18-3;/h13-15,18H,4-12H2,1-3H3;1H. The summed E-state index contributed by atoms with van der Waals surface area (Å²) in [7, 11) is 1.94. The number of piperidine rings is 1. The summed E-state index contributed by atoms with van der Waals surface area (Å²) >= 11 is 0. The molecular formula is C17H32ClN3O2. The van der Waals surface area contributed by atoms with Crippen LogP contribution >= 0.6 is 12.4 Å². The first-order chi connectivity index (χ1) is 10.6. The number of amides is 2. The molecule has 0 aliphatic carbocycles. The summed E-state index contributed by atoms with van der Waals surface area (Å²) in [6.45, 7) is 7.20. The van der Waals surface area contributed by atoms with Crippen molar-refractivity contribution in [3.05, 3.63) is 0 Å². The minimum absolute atomic E-state index is 0. The molecule has 23 heavy (non-hydrogen) atoms. The van der Waals surface area contributed by atoms with Gasteiger partial charge in [-0.3, -0.25) is 9.59 Å². The molecule has 1 N–H and O–H groups in total. The summed E-state index contributed by atoms with van der Waals surface area (Å²) in [5.41, 5.74) is 0. The van der Waals surface area contributed by atoms with Gasteiger partial charge in [-0.2, -0.15) is 0 Å². The zero-order chi connectivity index (χ0) is 16.1. The maximum atomic E-state index is 12.9. The van der Waals surface area contributed by atoms with Crippen molar-refractivity contribution in [2.45, 2.75) is 52.0 Å². The summed E-state index contributed by atoms with van der Waals surface area (Å²) in [6.07, 6.45) is 4.93. The Morgan fingerprint density at radius 3 is 2.57 bits per heavy atom. The SMILES string of the molecule is CCC(C)C(=O)N1CCCC(C(=O)N2CCCC2CNC)C1.Cl. The van der Waals surface area contributed by atoms with Gasteiger partial charge in [0.25, 0.3) is 0 Å². The largest absolute Gasteiger partial charge is 0.342 e. The summed E-state index contributed by atoms with van der Waals surface area (Å²) in [6, 6.07) is 0.332. The number of hydrogen-bond acceptors (Lipinski definition) is 3. The first-order valence-electron chi connectivity index (χ1n) is 8.82. The van der Waals surface area contributed by atoms with Crippen LogP contribution in [0.3, 0.4) is 0 Å². The van der Waals surface area contributed by atoms with Gasteiger partial charge in [-0.15, -0.1) is 12.4 Å². The minimum Gasteiger partial charge on any atom is -0.342 e. The van der Waals surface area contributed by atoms with Crippen molar-refractivity contribution < 1.29 is 9.59 Å². The van der Waals surface area contributed by atoms with Crippen LogP contribution in [0.4, 0.5) is 0 Å². The van der Waals surface area contributed by atoms with Gasteiger partial charge in [-0.1, -0.05) is 13.8 Å². The van der Waals surface area contributed by atoms with Gasteiger partial charge in [0.15, 0.2) is 0 Å². The van der Waals surface area contributed by atoms with Crippen molar-refractivity contribution in [3.8, 4) is 0 Å². The monoisotopic (exact) mass is 345 g/mol. The number of carbonyl (C=O) groups excluding carboxylic acids is 2. The fourth-order valence-corrected chi connectivity index (χ4v) is 3.67. The number of hydrogen-bond donors (Lipinski definition) is 1. The Bertz CT molecular complexity index is 405. The lowest BCUT2D eigenvalue weighted by molar-refractivity contribution is -0.143. The Kier molecular flexibility index (Phi) is 8.34. The predicted molar refractivity (Wildman–Crippen MR) is 94.7 cm³/mol. The van der Waals surface area contributed by atoms with Gasteiger partial charge in [0, 0.05) is 38.1 Å². The Balaban J connectivity index is 0.00000264. The Hall–Kier alpha value is -0.810. The summed E-state index contributed by atoms with van der Waals surface area (Å²) in [4.78, 5) is 29.2. The van der Waals surface area contributed by atoms with Gasteiger partial charge >= 0.3 is 0 Å². The van der Waals surface area contributed by atoms with Crippen molar-refractivity contribution in [2.24, 2.45) is 11.8 Å². The molecule has 0 aromatic carbocycles. The van der Waals surface area contributed by atoms with E-state index in [4.69, 9.17) is 0 Å². The molecule has 2 heterocycles. The smallest absolute Gasteiger partial charge is 0.227 e. The molecule has 3 unspecified atom stereocenters. The molecular weight excluding hydrogens is 314 g/mol. The number of likely N-dealkylation sites (N-methyl/N-ethyl adjacent to an activating group) is 1. The Morgan fingerprint density at radius 1 is 1.22 bits per heavy atom. The van der Waals surface area contributed by atoms with Gasteiger partial charge in [0.05, 0.1) is 5.92 Å². The van der Waals surface area contributed by atoms with Crippen LogP contribution in [0.25, 0.3) is 0 Å². The maximum absolute atomic E-state index is 12.9. The molecule has 0 aromatic heterocycles. The maximum Gasteiger partial charge on any atom is 0.227 e. The van der Waals surface area contributed by atoms with Crippen LogP contribution in [0.2, 0.25) is 0 Å². The van der Waals surface area contributed by atoms with E-state index in [0.717, 1.165) is 51.7 Å². The third-order valence-corrected chi connectivity index (χ3v) is 5.22. The van der Waals surface area contributed by atoms with E-state index in [9.17, 15) is 9.59 Å². The van der Waals surface area contributed by atoms with Gasteiger partial charge in [0.1, 0.15) is 0 Å². The van der Waals surface area contributed by atoms with E-state index in [1.165, 1.54) is 0 Å². The van der Waals surface area contributed by atoms with E-state index < -0.39 is 0 Å². The Morgan fingerprint density at radius 2 is 1.91 bits per heavy atom. The molecule has 2 saturated heterocycles. The second-order valence-corrected chi connectivity index (χ2v) is 6.82. The van der Waals surface area contributed by atoms with Crippen LogP contribution in [0.5, 0.6) is 0 Å². The number of rotatable bonds is 5. The fraction of sp³-hybridized carbons (Fsp3) is 0.882. The van der Waals surface area contributed by atoms with Crippen molar-refractivity contribution in [1.82, 2.24) is 15.1 Å². The third kappa shape index (κ3) is 4.83. The molecule has 2 aliphatic heterocycles. The summed E-state index contributed by atoms with van der Waals surface area (Å²) in [5.74, 6) is 0.546. The normalized spacial score (nSPS) is 25.9. The average Bonchev–Trinajstić information content (AvgIpc) is 3.01. The summed E-state index contributed by atoms with van der Waals surface area (Å²) in [5, 5.41) is 3.19. The molecule has 2 aliphatic rings. The first-order valence-corrected chi connectivity index (χ1v) is 8.82. The zero-order valence-corrected chi connectivity index (χ0v) is 15.5. The number of likely N-dealkylation sites (tertiary alicyclic amines) is 2. The van der Waals surface area contributed by atoms with E-state index in [1.54, 1.807) is 0 Å². The lowest BCUT2D eigenvalue weighted by Crippen LogP contribution is -2.50. The highest BCUT2D eigenvalue weighted by atomic mass is 35.5. The van der Waals surface area contributed by atoms with E-state index >= 15 is 0 Å². The molecule has 2 rings (SSSR count). The number of nitrogens with one attached hydrogen (secondary N) is 1. The van der Waals surface area contributed by atoms with E-state index in [2.05, 4.69) is 10.2 Å². The van der Waals surface area contributed by atoms with Crippen LogP contribution in [-0.2, 0) is 9.59 Å².